The highest BCUT2D eigenvalue weighted by Crippen LogP contribution is 2.41. The molecule has 11 heteroatoms. The second-order valence-corrected chi connectivity index (χ2v) is 8.43. The third kappa shape index (κ3) is 4.73. The first kappa shape index (κ1) is 24.0. The van der Waals surface area contributed by atoms with Gasteiger partial charge in [-0.2, -0.15) is 5.10 Å². The van der Waals surface area contributed by atoms with E-state index in [0.717, 1.165) is 5.56 Å². The number of nitrogens with one attached hydrogen (secondary N) is 1. The summed E-state index contributed by atoms with van der Waals surface area (Å²) in [5.41, 5.74) is 3.69. The summed E-state index contributed by atoms with van der Waals surface area (Å²) in [6, 6.07) is 12.5. The maximum atomic E-state index is 13.5. The van der Waals surface area contributed by atoms with Gasteiger partial charge in [0.1, 0.15) is 17.2 Å². The number of nitrogens with zero attached hydrogens (tertiary/aromatic N) is 7. The van der Waals surface area contributed by atoms with Crippen molar-refractivity contribution in [2.24, 2.45) is 12.0 Å². The van der Waals surface area contributed by atoms with Gasteiger partial charge in [-0.05, 0) is 37.3 Å². The number of pyridine rings is 2. The van der Waals surface area contributed by atoms with Gasteiger partial charge in [-0.3, -0.25) is 4.98 Å². The Balaban J connectivity index is 1.58. The fourth-order valence-electron chi connectivity index (χ4n) is 4.30. The Bertz CT molecular complexity index is 1570. The largest absolute Gasteiger partial charge is 0.494 e. The van der Waals surface area contributed by atoms with Gasteiger partial charge in [-0.15, -0.1) is 4.98 Å². The molecule has 4 aromatic rings. The van der Waals surface area contributed by atoms with Crippen LogP contribution in [0.25, 0.3) is 16.2 Å². The molecule has 9 nitrogen and oxygen atoms in total. The molecular formula is C26H22F2N8O. The number of fused-ring (bicyclic) bond motifs is 1. The molecule has 0 radical (unpaired) electrons. The van der Waals surface area contributed by atoms with Gasteiger partial charge in [-0.25, -0.2) is 23.4 Å². The van der Waals surface area contributed by atoms with Crippen molar-refractivity contribution >= 4 is 28.6 Å². The predicted molar refractivity (Wildman–Crippen MR) is 135 cm³/mol. The van der Waals surface area contributed by atoms with Crippen molar-refractivity contribution < 1.29 is 13.5 Å². The smallest absolute Gasteiger partial charge is 0.277 e. The molecule has 0 saturated heterocycles. The van der Waals surface area contributed by atoms with Crippen LogP contribution in [0.3, 0.4) is 0 Å². The first-order chi connectivity index (χ1) is 17.9. The van der Waals surface area contributed by atoms with E-state index in [2.05, 4.69) is 35.2 Å². The van der Waals surface area contributed by atoms with Gasteiger partial charge in [0.25, 0.3) is 12.2 Å². The monoisotopic (exact) mass is 500 g/mol. The topological polar surface area (TPSA) is 94.5 Å². The lowest BCUT2D eigenvalue weighted by molar-refractivity contribution is 0.224. The Morgan fingerprint density at radius 3 is 2.62 bits per heavy atom. The minimum atomic E-state index is -2.68. The number of aromatic nitrogens is 5. The molecule has 0 aliphatic carbocycles. The van der Waals surface area contributed by atoms with Gasteiger partial charge in [0.2, 0.25) is 0 Å². The first-order valence-corrected chi connectivity index (χ1v) is 11.4. The molecule has 4 heterocycles. The summed E-state index contributed by atoms with van der Waals surface area (Å²) >= 11 is 0. The van der Waals surface area contributed by atoms with Gasteiger partial charge in [-0.1, -0.05) is 18.7 Å². The highest BCUT2D eigenvalue weighted by atomic mass is 19.3. The molecule has 0 unspecified atom stereocenters. The van der Waals surface area contributed by atoms with Crippen LogP contribution in [0.2, 0.25) is 0 Å². The zero-order valence-electron chi connectivity index (χ0n) is 20.3. The Morgan fingerprint density at radius 1 is 1.11 bits per heavy atom. The van der Waals surface area contributed by atoms with Crippen LogP contribution in [0.15, 0.2) is 47.5 Å². The van der Waals surface area contributed by atoms with E-state index in [9.17, 15) is 8.78 Å². The van der Waals surface area contributed by atoms with E-state index in [1.54, 1.807) is 50.0 Å². The SMILES string of the molecule is [C-]#[N+]c1cccc(Cc2cc(Nc3cccc(-c4nc(C)nn4C)c3OC)c3c(n2)CC(C(F)F)=N3)n1. The standard InChI is InChI=1S/C26H22F2N8O/c1-14-30-26(36(3)35-14)17-8-6-9-18(24(17)37-4)33-19-12-16(11-15-7-5-10-22(29-2)32-15)31-20-13-21(25(27)28)34-23(19)20/h5-10,12,25H,11,13H2,1,3-4H3,(H,31,33). The summed E-state index contributed by atoms with van der Waals surface area (Å²) in [5.74, 6) is 2.05. The van der Waals surface area contributed by atoms with Gasteiger partial charge >= 0.3 is 0 Å². The number of hydrogen-bond donors (Lipinski definition) is 1. The van der Waals surface area contributed by atoms with Gasteiger partial charge < -0.3 is 14.9 Å². The van der Waals surface area contributed by atoms with Crippen LogP contribution in [-0.4, -0.2) is 44.0 Å². The lowest BCUT2D eigenvalue weighted by atomic mass is 10.1. The molecule has 37 heavy (non-hydrogen) atoms. The second-order valence-electron chi connectivity index (χ2n) is 8.43. The Labute approximate surface area is 211 Å². The maximum absolute atomic E-state index is 13.5. The molecule has 0 amide bonds. The number of anilines is 2. The Kier molecular flexibility index (Phi) is 6.31. The fraction of sp³-hybridized carbons (Fsp3) is 0.231. The van der Waals surface area contributed by atoms with Crippen LogP contribution in [0.5, 0.6) is 5.75 Å². The number of hydrogen-bond acceptors (Lipinski definition) is 7. The average Bonchev–Trinajstić information content (AvgIpc) is 3.46. The molecule has 0 spiro atoms. The van der Waals surface area contributed by atoms with Crippen LogP contribution in [0.1, 0.15) is 22.9 Å². The van der Waals surface area contributed by atoms with Crippen molar-refractivity contribution in [2.45, 2.75) is 26.2 Å². The minimum Gasteiger partial charge on any atom is -0.494 e. The number of aliphatic imine (C=N–C) groups is 1. The van der Waals surface area contributed by atoms with Crippen LogP contribution in [0.4, 0.5) is 31.7 Å². The van der Waals surface area contributed by atoms with Crippen molar-refractivity contribution in [1.29, 1.82) is 0 Å². The van der Waals surface area contributed by atoms with Crippen molar-refractivity contribution in [3.8, 4) is 17.1 Å². The highest BCUT2D eigenvalue weighted by molar-refractivity contribution is 5.98. The lowest BCUT2D eigenvalue weighted by Crippen LogP contribution is -2.10. The number of ether oxygens (including phenoxy) is 1. The zero-order chi connectivity index (χ0) is 26.1. The van der Waals surface area contributed by atoms with Crippen molar-refractivity contribution in [3.05, 3.63) is 76.8 Å². The van der Waals surface area contributed by atoms with E-state index in [4.69, 9.17) is 11.3 Å². The summed E-state index contributed by atoms with van der Waals surface area (Å²) < 4.78 is 34.5. The number of methoxy groups -OCH3 is 1. The third-order valence-electron chi connectivity index (χ3n) is 5.84. The molecule has 0 fully saturated rings. The Hall–Kier alpha value is -4.72. The van der Waals surface area contributed by atoms with E-state index in [0.29, 0.717) is 58.0 Å². The van der Waals surface area contributed by atoms with Crippen molar-refractivity contribution in [3.63, 3.8) is 0 Å². The molecule has 0 atom stereocenters. The average molecular weight is 501 g/mol. The molecule has 1 aliphatic rings. The van der Waals surface area contributed by atoms with E-state index in [1.165, 1.54) is 0 Å². The number of aryl methyl sites for hydroxylation is 2. The molecule has 5 rings (SSSR count). The molecule has 3 aromatic heterocycles. The second kappa shape index (κ2) is 9.73. The van der Waals surface area contributed by atoms with E-state index in [1.807, 2.05) is 18.2 Å². The predicted octanol–water partition coefficient (Wildman–Crippen LogP) is 5.37. The summed E-state index contributed by atoms with van der Waals surface area (Å²) in [6.07, 6.45) is -2.40. The molecule has 1 aromatic carbocycles. The number of alkyl halides is 2. The molecule has 1 aliphatic heterocycles. The number of para-hydroxylation sites is 1. The zero-order valence-corrected chi connectivity index (χ0v) is 20.3. The summed E-state index contributed by atoms with van der Waals surface area (Å²) in [6.45, 7) is 9.01. The number of benzene rings is 1. The maximum Gasteiger partial charge on any atom is 0.277 e. The first-order valence-electron chi connectivity index (χ1n) is 11.4. The van der Waals surface area contributed by atoms with Crippen LogP contribution in [-0.2, 0) is 19.9 Å². The van der Waals surface area contributed by atoms with Crippen LogP contribution < -0.4 is 10.1 Å². The van der Waals surface area contributed by atoms with Gasteiger partial charge in [0.05, 0.1) is 47.6 Å². The number of rotatable bonds is 7. The molecule has 0 bridgehead atoms. The van der Waals surface area contributed by atoms with Crippen LogP contribution in [0, 0.1) is 13.5 Å². The molecule has 1 N–H and O–H groups in total. The normalized spacial score (nSPS) is 12.3. The Morgan fingerprint density at radius 2 is 1.92 bits per heavy atom. The molecule has 186 valence electrons. The summed E-state index contributed by atoms with van der Waals surface area (Å²) in [4.78, 5) is 21.0. The molecule has 0 saturated carbocycles. The van der Waals surface area contributed by atoms with Gasteiger partial charge in [0, 0.05) is 13.5 Å². The minimum absolute atomic E-state index is 0.0412. The van der Waals surface area contributed by atoms with Gasteiger partial charge in [0.15, 0.2) is 11.6 Å². The van der Waals surface area contributed by atoms with Crippen molar-refractivity contribution in [2.75, 3.05) is 12.4 Å². The summed E-state index contributed by atoms with van der Waals surface area (Å²) in [5, 5.41) is 7.65. The van der Waals surface area contributed by atoms with E-state index < -0.39 is 6.43 Å². The lowest BCUT2D eigenvalue weighted by Gasteiger charge is -2.16. The third-order valence-corrected chi connectivity index (χ3v) is 5.84. The van der Waals surface area contributed by atoms with Crippen LogP contribution >= 0.6 is 0 Å². The summed E-state index contributed by atoms with van der Waals surface area (Å²) in [7, 11) is 3.35. The fourth-order valence-corrected chi connectivity index (χ4v) is 4.30. The van der Waals surface area contributed by atoms with E-state index in [-0.39, 0.29) is 18.0 Å². The molecular weight excluding hydrogens is 478 g/mol. The quantitative estimate of drug-likeness (QED) is 0.343. The van der Waals surface area contributed by atoms with Crippen molar-refractivity contribution in [1.82, 2.24) is 24.7 Å². The van der Waals surface area contributed by atoms with E-state index >= 15 is 0 Å². The highest BCUT2D eigenvalue weighted by Gasteiger charge is 2.27. The number of halogens is 2.